The van der Waals surface area contributed by atoms with Gasteiger partial charge < -0.3 is 4.57 Å². The summed E-state index contributed by atoms with van der Waals surface area (Å²) in [5.74, 6) is 0. The third-order valence-electron chi connectivity index (χ3n) is 8.54. The van der Waals surface area contributed by atoms with Crippen LogP contribution in [0.4, 0.5) is 0 Å². The molecule has 1 nitrogen and oxygen atoms in total. The summed E-state index contributed by atoms with van der Waals surface area (Å²) in [5, 5.41) is 7.84. The fraction of sp³-hybridized carbons (Fsp3) is 0. The van der Waals surface area contributed by atoms with Crippen LogP contribution in [0, 0.1) is 0 Å². The molecule has 2 aromatic heterocycles. The summed E-state index contributed by atoms with van der Waals surface area (Å²) in [6, 6.07) is 55.5. The van der Waals surface area contributed by atoms with Crippen LogP contribution in [0.5, 0.6) is 0 Å². The summed E-state index contributed by atoms with van der Waals surface area (Å²) in [5.41, 5.74) is 8.48. The third kappa shape index (κ3) is 3.56. The Bertz CT molecular complexity index is 2390. The van der Waals surface area contributed by atoms with Crippen LogP contribution in [0.2, 0.25) is 0 Å². The van der Waals surface area contributed by atoms with E-state index in [1.54, 1.807) is 0 Å². The molecule has 0 amide bonds. The maximum Gasteiger partial charge on any atom is 0.0547 e. The van der Waals surface area contributed by atoms with Gasteiger partial charge in [-0.1, -0.05) is 103 Å². The van der Waals surface area contributed by atoms with Crippen molar-refractivity contribution in [2.24, 2.45) is 0 Å². The van der Waals surface area contributed by atoms with Crippen molar-refractivity contribution in [3.63, 3.8) is 0 Å². The highest BCUT2D eigenvalue weighted by molar-refractivity contribution is 7.26. The Balaban J connectivity index is 1.41. The lowest BCUT2D eigenvalue weighted by Crippen LogP contribution is -1.96. The number of thiophene rings is 1. The molecule has 9 aromatic rings. The lowest BCUT2D eigenvalue weighted by atomic mass is 9.98. The van der Waals surface area contributed by atoms with Crippen molar-refractivity contribution in [3.8, 4) is 27.9 Å². The number of para-hydroxylation sites is 1. The normalized spacial score (nSPS) is 11.8. The summed E-state index contributed by atoms with van der Waals surface area (Å²) < 4.78 is 5.14. The Hall–Kier alpha value is -5.18. The molecule has 0 bridgehead atoms. The largest absolute Gasteiger partial charge is 0.309 e. The van der Waals surface area contributed by atoms with E-state index in [0.29, 0.717) is 0 Å². The molecule has 9 rings (SSSR count). The maximum atomic E-state index is 2.47. The van der Waals surface area contributed by atoms with Crippen molar-refractivity contribution < 1.29 is 0 Å². The minimum Gasteiger partial charge on any atom is -0.309 e. The van der Waals surface area contributed by atoms with E-state index in [4.69, 9.17) is 0 Å². The second-order valence-electron chi connectivity index (χ2n) is 11.0. The smallest absolute Gasteiger partial charge is 0.0547 e. The molecule has 0 fully saturated rings. The SMILES string of the molecule is c1ccc(-c2cc(-c3ccccc3)cc(-n3c4ccccc4c4cc5ccc6sc7ccccc7c6c5cc43)c2)cc1. The van der Waals surface area contributed by atoms with E-state index in [0.717, 1.165) is 0 Å². The first-order chi connectivity index (χ1) is 20.8. The van der Waals surface area contributed by atoms with E-state index in [-0.39, 0.29) is 0 Å². The van der Waals surface area contributed by atoms with Crippen molar-refractivity contribution in [2.75, 3.05) is 0 Å². The molecule has 7 aromatic carbocycles. The molecular weight excluding hydrogens is 527 g/mol. The van der Waals surface area contributed by atoms with Gasteiger partial charge in [0.2, 0.25) is 0 Å². The summed E-state index contributed by atoms with van der Waals surface area (Å²) in [6.07, 6.45) is 0. The van der Waals surface area contributed by atoms with Gasteiger partial charge in [-0.05, 0) is 81.6 Å². The summed E-state index contributed by atoms with van der Waals surface area (Å²) in [6.45, 7) is 0. The molecule has 0 aliphatic rings. The molecule has 2 heterocycles. The molecule has 0 saturated heterocycles. The van der Waals surface area contributed by atoms with Crippen LogP contribution in [0.15, 0.2) is 152 Å². The van der Waals surface area contributed by atoms with Crippen molar-refractivity contribution in [3.05, 3.63) is 152 Å². The van der Waals surface area contributed by atoms with Crippen LogP contribution in [0.3, 0.4) is 0 Å². The minimum atomic E-state index is 1.17. The number of nitrogens with zero attached hydrogens (tertiary/aromatic N) is 1. The van der Waals surface area contributed by atoms with Crippen molar-refractivity contribution in [1.82, 2.24) is 4.57 Å². The fourth-order valence-corrected chi connectivity index (χ4v) is 7.75. The molecule has 0 N–H and O–H groups in total. The van der Waals surface area contributed by atoms with E-state index in [1.165, 1.54) is 80.7 Å². The number of hydrogen-bond donors (Lipinski definition) is 0. The third-order valence-corrected chi connectivity index (χ3v) is 9.68. The number of hydrogen-bond acceptors (Lipinski definition) is 1. The standard InChI is InChI=1S/C40H25NS/c1-3-11-26(12-4-1)29-21-30(27-13-5-2-6-14-27)23-31(22-29)41-36-17-9-7-15-32(36)35-24-28-19-20-39-40(34(28)25-37(35)41)33-16-8-10-18-38(33)42-39/h1-25H. The summed E-state index contributed by atoms with van der Waals surface area (Å²) >= 11 is 1.88. The van der Waals surface area contributed by atoms with Crippen LogP contribution in [-0.2, 0) is 0 Å². The van der Waals surface area contributed by atoms with Crippen LogP contribution in [0.25, 0.3) is 80.7 Å². The Morgan fingerprint density at radius 1 is 0.381 bits per heavy atom. The van der Waals surface area contributed by atoms with E-state index >= 15 is 0 Å². The zero-order valence-electron chi connectivity index (χ0n) is 22.8. The highest BCUT2D eigenvalue weighted by Crippen LogP contribution is 2.42. The summed E-state index contributed by atoms with van der Waals surface area (Å²) in [4.78, 5) is 0. The molecule has 0 unspecified atom stereocenters. The molecular formula is C40H25NS. The monoisotopic (exact) mass is 551 g/mol. The van der Waals surface area contributed by atoms with Gasteiger partial charge in [-0.25, -0.2) is 0 Å². The number of aromatic nitrogens is 1. The van der Waals surface area contributed by atoms with Crippen LogP contribution >= 0.6 is 11.3 Å². The van der Waals surface area contributed by atoms with Gasteiger partial charge in [0, 0.05) is 36.6 Å². The quantitative estimate of drug-likeness (QED) is 0.206. The van der Waals surface area contributed by atoms with E-state index in [9.17, 15) is 0 Å². The Kier molecular flexibility index (Phi) is 5.13. The first kappa shape index (κ1) is 23.5. The maximum absolute atomic E-state index is 2.47. The number of fused-ring (bicyclic) bond motifs is 8. The van der Waals surface area contributed by atoms with Gasteiger partial charge >= 0.3 is 0 Å². The van der Waals surface area contributed by atoms with Gasteiger partial charge in [-0.15, -0.1) is 11.3 Å². The lowest BCUT2D eigenvalue weighted by Gasteiger charge is -2.14. The van der Waals surface area contributed by atoms with E-state index < -0.39 is 0 Å². The zero-order valence-corrected chi connectivity index (χ0v) is 23.6. The molecule has 0 spiro atoms. The average molecular weight is 552 g/mol. The molecule has 0 aliphatic heterocycles. The van der Waals surface area contributed by atoms with Gasteiger partial charge in [0.1, 0.15) is 0 Å². The molecule has 0 atom stereocenters. The molecule has 42 heavy (non-hydrogen) atoms. The number of benzene rings is 7. The van der Waals surface area contributed by atoms with Gasteiger partial charge in [-0.3, -0.25) is 0 Å². The second-order valence-corrected chi connectivity index (χ2v) is 12.1. The fourth-order valence-electron chi connectivity index (χ4n) is 6.62. The first-order valence-electron chi connectivity index (χ1n) is 14.4. The molecule has 2 heteroatoms. The Morgan fingerprint density at radius 3 is 1.76 bits per heavy atom. The molecule has 0 saturated carbocycles. The Labute approximate surface area is 247 Å². The van der Waals surface area contributed by atoms with Crippen LogP contribution < -0.4 is 0 Å². The molecule has 196 valence electrons. The van der Waals surface area contributed by atoms with E-state index in [1.807, 2.05) is 11.3 Å². The van der Waals surface area contributed by atoms with Gasteiger partial charge in [0.25, 0.3) is 0 Å². The summed E-state index contributed by atoms with van der Waals surface area (Å²) in [7, 11) is 0. The predicted molar refractivity (Wildman–Crippen MR) is 182 cm³/mol. The topological polar surface area (TPSA) is 4.93 Å². The van der Waals surface area contributed by atoms with Crippen molar-refractivity contribution in [1.29, 1.82) is 0 Å². The average Bonchev–Trinajstić information content (AvgIpc) is 3.60. The van der Waals surface area contributed by atoms with E-state index in [2.05, 4.69) is 156 Å². The predicted octanol–water partition coefficient (Wildman–Crippen LogP) is 11.6. The zero-order chi connectivity index (χ0) is 27.6. The van der Waals surface area contributed by atoms with Crippen molar-refractivity contribution >= 4 is 64.1 Å². The molecule has 0 aliphatic carbocycles. The second kappa shape index (κ2) is 9.17. The molecule has 0 radical (unpaired) electrons. The van der Waals surface area contributed by atoms with Crippen molar-refractivity contribution in [2.45, 2.75) is 0 Å². The van der Waals surface area contributed by atoms with Gasteiger partial charge in [-0.2, -0.15) is 0 Å². The highest BCUT2D eigenvalue weighted by Gasteiger charge is 2.17. The number of rotatable bonds is 3. The highest BCUT2D eigenvalue weighted by atomic mass is 32.1. The minimum absolute atomic E-state index is 1.17. The first-order valence-corrected chi connectivity index (χ1v) is 15.2. The van der Waals surface area contributed by atoms with Gasteiger partial charge in [0.05, 0.1) is 11.0 Å². The Morgan fingerprint density at radius 2 is 1.02 bits per heavy atom. The lowest BCUT2D eigenvalue weighted by molar-refractivity contribution is 1.18. The van der Waals surface area contributed by atoms with Gasteiger partial charge in [0.15, 0.2) is 0 Å². The van der Waals surface area contributed by atoms with Crippen LogP contribution in [0.1, 0.15) is 0 Å². The van der Waals surface area contributed by atoms with Crippen LogP contribution in [-0.4, -0.2) is 4.57 Å².